The number of fused-ring (bicyclic) bond motifs is 1. The van der Waals surface area contributed by atoms with Crippen molar-refractivity contribution in [2.45, 2.75) is 38.1 Å². The molecule has 3 rings (SSSR count). The van der Waals surface area contributed by atoms with Gasteiger partial charge in [0.1, 0.15) is 11.3 Å². The van der Waals surface area contributed by atoms with E-state index in [-0.39, 0.29) is 29.9 Å². The first-order chi connectivity index (χ1) is 12.6. The molecule has 7 heteroatoms. The number of benzene rings is 1. The van der Waals surface area contributed by atoms with E-state index in [1.165, 1.54) is 23.1 Å². The van der Waals surface area contributed by atoms with Gasteiger partial charge in [-0.2, -0.15) is 0 Å². The molecular formula is C19H20N2O3S2. The number of thiophene rings is 1. The van der Waals surface area contributed by atoms with E-state index < -0.39 is 0 Å². The van der Waals surface area contributed by atoms with Crippen molar-refractivity contribution in [2.24, 2.45) is 0 Å². The standard InChI is InChI=1S/C19H20N2O3S2/c1-3-13(2)21-18(23)17-15(9-10-25-17)20-19(21)26-12-16(22)24-11-14-7-5-4-6-8-14/h4-10,13H,3,11-12H2,1-2H3. The summed E-state index contributed by atoms with van der Waals surface area (Å²) < 4.78 is 7.65. The molecule has 0 aliphatic rings. The molecule has 136 valence electrons. The zero-order valence-electron chi connectivity index (χ0n) is 14.7. The molecule has 2 aromatic heterocycles. The van der Waals surface area contributed by atoms with Gasteiger partial charge in [-0.3, -0.25) is 14.2 Å². The maximum absolute atomic E-state index is 12.8. The van der Waals surface area contributed by atoms with Crippen LogP contribution in [0.25, 0.3) is 10.2 Å². The summed E-state index contributed by atoms with van der Waals surface area (Å²) >= 11 is 2.65. The molecule has 0 fully saturated rings. The molecule has 0 spiro atoms. The normalized spacial score (nSPS) is 12.2. The third-order valence-electron chi connectivity index (χ3n) is 4.07. The summed E-state index contributed by atoms with van der Waals surface area (Å²) in [5.41, 5.74) is 1.58. The Bertz CT molecular complexity index is 950. The van der Waals surface area contributed by atoms with Crippen molar-refractivity contribution in [1.82, 2.24) is 9.55 Å². The average Bonchev–Trinajstić information content (AvgIpc) is 3.14. The lowest BCUT2D eigenvalue weighted by molar-refractivity contribution is -0.141. The highest BCUT2D eigenvalue weighted by Gasteiger charge is 2.17. The first kappa shape index (κ1) is 18.7. The van der Waals surface area contributed by atoms with E-state index in [4.69, 9.17) is 4.74 Å². The topological polar surface area (TPSA) is 61.2 Å². The van der Waals surface area contributed by atoms with Gasteiger partial charge in [0, 0.05) is 6.04 Å². The molecule has 1 aromatic carbocycles. The molecule has 0 aliphatic heterocycles. The summed E-state index contributed by atoms with van der Waals surface area (Å²) in [6.45, 7) is 4.26. The van der Waals surface area contributed by atoms with Crippen LogP contribution in [0.1, 0.15) is 31.9 Å². The number of nitrogens with zero attached hydrogens (tertiary/aromatic N) is 2. The summed E-state index contributed by atoms with van der Waals surface area (Å²) in [5.74, 6) is -0.208. The zero-order chi connectivity index (χ0) is 18.5. The van der Waals surface area contributed by atoms with Gasteiger partial charge in [0.15, 0.2) is 5.16 Å². The second kappa shape index (κ2) is 8.51. The van der Waals surface area contributed by atoms with Gasteiger partial charge in [-0.05, 0) is 30.4 Å². The van der Waals surface area contributed by atoms with Crippen molar-refractivity contribution in [3.63, 3.8) is 0 Å². The Morgan fingerprint density at radius 1 is 1.31 bits per heavy atom. The van der Waals surface area contributed by atoms with Crippen LogP contribution in [-0.4, -0.2) is 21.3 Å². The number of carbonyl (C=O) groups is 1. The molecule has 0 saturated carbocycles. The third-order valence-corrected chi connectivity index (χ3v) is 5.89. The van der Waals surface area contributed by atoms with Crippen molar-refractivity contribution in [3.8, 4) is 0 Å². The minimum Gasteiger partial charge on any atom is -0.460 e. The maximum atomic E-state index is 12.8. The second-order valence-corrected chi connectivity index (χ2v) is 7.76. The fourth-order valence-electron chi connectivity index (χ4n) is 2.48. The highest BCUT2D eigenvalue weighted by molar-refractivity contribution is 7.99. The molecule has 5 nitrogen and oxygen atoms in total. The number of carbonyl (C=O) groups excluding carboxylic acids is 1. The highest BCUT2D eigenvalue weighted by Crippen LogP contribution is 2.24. The van der Waals surface area contributed by atoms with Crippen LogP contribution >= 0.6 is 23.1 Å². The smallest absolute Gasteiger partial charge is 0.316 e. The Balaban J connectivity index is 1.73. The van der Waals surface area contributed by atoms with E-state index in [0.29, 0.717) is 15.4 Å². The zero-order valence-corrected chi connectivity index (χ0v) is 16.3. The van der Waals surface area contributed by atoms with E-state index in [1.54, 1.807) is 4.57 Å². The predicted molar refractivity (Wildman–Crippen MR) is 106 cm³/mol. The summed E-state index contributed by atoms with van der Waals surface area (Å²) in [4.78, 5) is 29.4. The van der Waals surface area contributed by atoms with Crippen molar-refractivity contribution < 1.29 is 9.53 Å². The molecule has 0 bridgehead atoms. The first-order valence-electron chi connectivity index (χ1n) is 8.42. The van der Waals surface area contributed by atoms with E-state index in [0.717, 1.165) is 12.0 Å². The van der Waals surface area contributed by atoms with Gasteiger partial charge in [-0.15, -0.1) is 11.3 Å². The van der Waals surface area contributed by atoms with Crippen LogP contribution in [0, 0.1) is 0 Å². The van der Waals surface area contributed by atoms with Crippen LogP contribution in [0.15, 0.2) is 51.7 Å². The number of ether oxygens (including phenoxy) is 1. The Morgan fingerprint density at radius 2 is 2.08 bits per heavy atom. The lowest BCUT2D eigenvalue weighted by atomic mass is 10.2. The van der Waals surface area contributed by atoms with Crippen LogP contribution in [0.3, 0.4) is 0 Å². The van der Waals surface area contributed by atoms with Gasteiger partial charge < -0.3 is 4.74 Å². The van der Waals surface area contributed by atoms with Crippen LogP contribution in [0.4, 0.5) is 0 Å². The molecular weight excluding hydrogens is 368 g/mol. The molecule has 3 aromatic rings. The van der Waals surface area contributed by atoms with Crippen LogP contribution in [0.5, 0.6) is 0 Å². The quantitative estimate of drug-likeness (QED) is 0.344. The number of thioether (sulfide) groups is 1. The van der Waals surface area contributed by atoms with Gasteiger partial charge in [0.2, 0.25) is 0 Å². The van der Waals surface area contributed by atoms with Gasteiger partial charge >= 0.3 is 5.97 Å². The number of aromatic nitrogens is 2. The largest absolute Gasteiger partial charge is 0.460 e. The van der Waals surface area contributed by atoms with Gasteiger partial charge in [-0.25, -0.2) is 4.98 Å². The lowest BCUT2D eigenvalue weighted by Crippen LogP contribution is -2.25. The molecule has 0 radical (unpaired) electrons. The lowest BCUT2D eigenvalue weighted by Gasteiger charge is -2.17. The monoisotopic (exact) mass is 388 g/mol. The van der Waals surface area contributed by atoms with E-state index >= 15 is 0 Å². The fraction of sp³-hybridized carbons (Fsp3) is 0.316. The van der Waals surface area contributed by atoms with E-state index in [9.17, 15) is 9.59 Å². The average molecular weight is 389 g/mol. The van der Waals surface area contributed by atoms with Gasteiger partial charge in [0.05, 0.1) is 11.3 Å². The molecule has 0 aliphatic carbocycles. The highest BCUT2D eigenvalue weighted by atomic mass is 32.2. The van der Waals surface area contributed by atoms with Crippen molar-refractivity contribution >= 4 is 39.3 Å². The molecule has 1 unspecified atom stereocenters. The summed E-state index contributed by atoms with van der Waals surface area (Å²) in [6.07, 6.45) is 0.810. The van der Waals surface area contributed by atoms with Gasteiger partial charge in [-0.1, -0.05) is 49.0 Å². The van der Waals surface area contributed by atoms with Crippen molar-refractivity contribution in [2.75, 3.05) is 5.75 Å². The third kappa shape index (κ3) is 4.16. The molecule has 1 atom stereocenters. The molecule has 2 heterocycles. The van der Waals surface area contributed by atoms with Crippen molar-refractivity contribution in [3.05, 3.63) is 57.7 Å². The first-order valence-corrected chi connectivity index (χ1v) is 10.3. The maximum Gasteiger partial charge on any atom is 0.316 e. The summed E-state index contributed by atoms with van der Waals surface area (Å²) in [5, 5.41) is 2.43. The van der Waals surface area contributed by atoms with Gasteiger partial charge in [0.25, 0.3) is 5.56 Å². The molecule has 0 amide bonds. The molecule has 26 heavy (non-hydrogen) atoms. The van der Waals surface area contributed by atoms with Crippen LogP contribution < -0.4 is 5.56 Å². The Hall–Kier alpha value is -2.12. The van der Waals surface area contributed by atoms with Crippen LogP contribution in [-0.2, 0) is 16.1 Å². The Labute approximate surface area is 160 Å². The number of hydrogen-bond donors (Lipinski definition) is 0. The number of rotatable bonds is 7. The summed E-state index contributed by atoms with van der Waals surface area (Å²) in [7, 11) is 0. The fourth-order valence-corrected chi connectivity index (χ4v) is 4.14. The minimum atomic E-state index is -0.325. The number of esters is 1. The second-order valence-electron chi connectivity index (χ2n) is 5.90. The van der Waals surface area contributed by atoms with Crippen LogP contribution in [0.2, 0.25) is 0 Å². The SMILES string of the molecule is CCC(C)n1c(SCC(=O)OCc2ccccc2)nc2ccsc2c1=O. The van der Waals surface area contributed by atoms with E-state index in [2.05, 4.69) is 4.98 Å². The summed E-state index contributed by atoms with van der Waals surface area (Å²) in [6, 6.07) is 11.4. The van der Waals surface area contributed by atoms with Crippen molar-refractivity contribution in [1.29, 1.82) is 0 Å². The minimum absolute atomic E-state index is 0.0179. The molecule has 0 N–H and O–H groups in total. The Morgan fingerprint density at radius 3 is 2.81 bits per heavy atom. The Kier molecular flexibility index (Phi) is 6.11. The molecule has 0 saturated heterocycles. The van der Waals surface area contributed by atoms with E-state index in [1.807, 2.05) is 55.6 Å². The number of hydrogen-bond acceptors (Lipinski definition) is 6. The predicted octanol–water partition coefficient (Wildman–Crippen LogP) is 4.26.